The molecule has 0 atom stereocenters. The molecule has 0 bridgehead atoms. The Morgan fingerprint density at radius 3 is 1.88 bits per heavy atom. The molecule has 32 heavy (non-hydrogen) atoms. The van der Waals surface area contributed by atoms with Gasteiger partial charge < -0.3 is 4.57 Å². The van der Waals surface area contributed by atoms with Crippen LogP contribution >= 0.6 is 0 Å². The van der Waals surface area contributed by atoms with Gasteiger partial charge in [0.2, 0.25) is 0 Å². The van der Waals surface area contributed by atoms with Crippen LogP contribution in [0, 0.1) is 11.3 Å². The quantitative estimate of drug-likeness (QED) is 0.223. The van der Waals surface area contributed by atoms with Crippen molar-refractivity contribution in [3.05, 3.63) is 144 Å². The van der Waals surface area contributed by atoms with E-state index in [0.29, 0.717) is 5.57 Å². The summed E-state index contributed by atoms with van der Waals surface area (Å²) >= 11 is 0. The molecule has 0 fully saturated rings. The van der Waals surface area contributed by atoms with Gasteiger partial charge in [-0.2, -0.15) is 5.26 Å². The van der Waals surface area contributed by atoms with Crippen molar-refractivity contribution in [2.75, 3.05) is 0 Å². The van der Waals surface area contributed by atoms with Crippen LogP contribution in [0.4, 0.5) is 0 Å². The van der Waals surface area contributed by atoms with E-state index in [1.165, 1.54) is 5.56 Å². The van der Waals surface area contributed by atoms with Crippen LogP contribution in [0.3, 0.4) is 0 Å². The van der Waals surface area contributed by atoms with Gasteiger partial charge in [-0.05, 0) is 22.8 Å². The van der Waals surface area contributed by atoms with E-state index < -0.39 is 0 Å². The Kier molecular flexibility index (Phi) is 5.39. The highest BCUT2D eigenvalue weighted by molar-refractivity contribution is 6.09. The number of hydrogen-bond acceptors (Lipinski definition) is 1. The first-order valence-corrected chi connectivity index (χ1v) is 10.7. The summed E-state index contributed by atoms with van der Waals surface area (Å²) in [5, 5.41) is 11.4. The van der Waals surface area contributed by atoms with Crippen LogP contribution in [0.2, 0.25) is 0 Å². The Hall–Kier alpha value is -4.35. The Labute approximate surface area is 188 Å². The molecule has 0 unspecified atom stereocenters. The fourth-order valence-corrected chi connectivity index (χ4v) is 4.27. The van der Waals surface area contributed by atoms with Crippen molar-refractivity contribution >= 4 is 22.0 Å². The number of rotatable bonds is 5. The van der Waals surface area contributed by atoms with Crippen molar-refractivity contribution < 1.29 is 0 Å². The van der Waals surface area contributed by atoms with Crippen molar-refractivity contribution in [1.82, 2.24) is 4.57 Å². The maximum Gasteiger partial charge on any atom is 0.100 e. The number of para-hydroxylation sites is 1. The third-order valence-electron chi connectivity index (χ3n) is 5.74. The second-order valence-electron chi connectivity index (χ2n) is 7.77. The monoisotopic (exact) mass is 410 g/mol. The van der Waals surface area contributed by atoms with Crippen molar-refractivity contribution in [2.24, 2.45) is 0 Å². The molecule has 0 spiro atoms. The Balaban J connectivity index is 1.79. The summed E-state index contributed by atoms with van der Waals surface area (Å²) < 4.78 is 2.28. The highest BCUT2D eigenvalue weighted by Crippen LogP contribution is 2.37. The number of benzene rings is 4. The first kappa shape index (κ1) is 19.6. The van der Waals surface area contributed by atoms with E-state index in [9.17, 15) is 5.26 Å². The van der Waals surface area contributed by atoms with Gasteiger partial charge in [-0.3, -0.25) is 0 Å². The van der Waals surface area contributed by atoms with Gasteiger partial charge >= 0.3 is 0 Å². The first-order valence-electron chi connectivity index (χ1n) is 10.7. The highest BCUT2D eigenvalue weighted by atomic mass is 15.0. The molecule has 0 amide bonds. The average Bonchev–Trinajstić information content (AvgIpc) is 3.22. The lowest BCUT2D eigenvalue weighted by Gasteiger charge is -2.11. The summed E-state index contributed by atoms with van der Waals surface area (Å²) in [4.78, 5) is 0. The largest absolute Gasteiger partial charge is 0.342 e. The third kappa shape index (κ3) is 3.73. The summed E-state index contributed by atoms with van der Waals surface area (Å²) in [5.74, 6) is 0. The number of nitriles is 1. The zero-order valence-corrected chi connectivity index (χ0v) is 17.6. The Bertz CT molecular complexity index is 1420. The number of allylic oxidation sites excluding steroid dienone is 1. The SMILES string of the molecule is N#C/C(=C(/c1ccccc1)c1cn(Cc2ccccc2)c2ccccc12)c1ccccc1. The molecule has 1 aromatic heterocycles. The Morgan fingerprint density at radius 2 is 1.22 bits per heavy atom. The lowest BCUT2D eigenvalue weighted by molar-refractivity contribution is 0.836. The van der Waals surface area contributed by atoms with E-state index in [4.69, 9.17) is 0 Å². The molecule has 5 aromatic rings. The van der Waals surface area contributed by atoms with E-state index in [2.05, 4.69) is 77.5 Å². The van der Waals surface area contributed by atoms with E-state index in [0.717, 1.165) is 39.7 Å². The van der Waals surface area contributed by atoms with Crippen molar-refractivity contribution in [3.63, 3.8) is 0 Å². The predicted octanol–water partition coefficient (Wildman–Crippen LogP) is 7.17. The molecule has 0 N–H and O–H groups in total. The van der Waals surface area contributed by atoms with Crippen molar-refractivity contribution in [1.29, 1.82) is 5.26 Å². The van der Waals surface area contributed by atoms with Gasteiger partial charge in [-0.25, -0.2) is 0 Å². The van der Waals surface area contributed by atoms with Gasteiger partial charge in [0.1, 0.15) is 6.07 Å². The molecule has 0 aliphatic rings. The zero-order chi connectivity index (χ0) is 21.8. The van der Waals surface area contributed by atoms with E-state index in [-0.39, 0.29) is 0 Å². The smallest absolute Gasteiger partial charge is 0.100 e. The lowest BCUT2D eigenvalue weighted by Crippen LogP contribution is -1.97. The molecule has 152 valence electrons. The van der Waals surface area contributed by atoms with Crippen LogP contribution < -0.4 is 0 Å². The van der Waals surface area contributed by atoms with Gasteiger partial charge in [0.15, 0.2) is 0 Å². The minimum atomic E-state index is 0.680. The summed E-state index contributed by atoms with van der Waals surface area (Å²) in [6.45, 7) is 0.774. The maximum absolute atomic E-state index is 10.3. The molecule has 1 heterocycles. The van der Waals surface area contributed by atoms with Gasteiger partial charge in [-0.15, -0.1) is 0 Å². The van der Waals surface area contributed by atoms with Gasteiger partial charge in [-0.1, -0.05) is 109 Å². The molecule has 5 rings (SSSR count). The number of nitrogens with zero attached hydrogens (tertiary/aromatic N) is 2. The molecule has 0 aliphatic carbocycles. The lowest BCUT2D eigenvalue weighted by atomic mass is 9.90. The molecule has 2 heteroatoms. The van der Waals surface area contributed by atoms with E-state index >= 15 is 0 Å². The maximum atomic E-state index is 10.3. The topological polar surface area (TPSA) is 28.7 Å². The summed E-state index contributed by atoms with van der Waals surface area (Å²) in [5.41, 5.74) is 7.08. The highest BCUT2D eigenvalue weighted by Gasteiger charge is 2.19. The molecule has 2 nitrogen and oxygen atoms in total. The fraction of sp³-hybridized carbons (Fsp3) is 0.0333. The van der Waals surface area contributed by atoms with Gasteiger partial charge in [0, 0.05) is 34.8 Å². The summed E-state index contributed by atoms with van der Waals surface area (Å²) in [6.07, 6.45) is 2.19. The zero-order valence-electron chi connectivity index (χ0n) is 17.6. The molecular formula is C30H22N2. The molecule has 4 aromatic carbocycles. The predicted molar refractivity (Wildman–Crippen MR) is 132 cm³/mol. The van der Waals surface area contributed by atoms with Crippen LogP contribution in [-0.2, 0) is 6.54 Å². The van der Waals surface area contributed by atoms with E-state index in [1.807, 2.05) is 54.6 Å². The molecule has 0 saturated heterocycles. The number of hydrogen-bond donors (Lipinski definition) is 0. The second-order valence-corrected chi connectivity index (χ2v) is 7.77. The van der Waals surface area contributed by atoms with Crippen LogP contribution in [0.5, 0.6) is 0 Å². The summed E-state index contributed by atoms with van der Waals surface area (Å²) in [6, 6.07) is 41.6. The van der Waals surface area contributed by atoms with Crippen LogP contribution in [0.15, 0.2) is 121 Å². The van der Waals surface area contributed by atoms with Crippen LogP contribution in [0.25, 0.3) is 22.0 Å². The van der Waals surface area contributed by atoms with Crippen molar-refractivity contribution in [3.8, 4) is 6.07 Å². The minimum absolute atomic E-state index is 0.680. The van der Waals surface area contributed by atoms with E-state index in [1.54, 1.807) is 0 Å². The normalized spacial score (nSPS) is 11.7. The third-order valence-corrected chi connectivity index (χ3v) is 5.74. The number of aromatic nitrogens is 1. The average molecular weight is 411 g/mol. The minimum Gasteiger partial charge on any atom is -0.342 e. The van der Waals surface area contributed by atoms with Crippen molar-refractivity contribution in [2.45, 2.75) is 6.54 Å². The standard InChI is InChI=1S/C30H22N2/c31-20-27(24-14-6-2-7-15-24)30(25-16-8-3-9-17-25)28-22-32(21-23-12-4-1-5-13-23)29-19-11-10-18-26(28)29/h1-19,22H,21H2/b30-27+. The summed E-state index contributed by atoms with van der Waals surface area (Å²) in [7, 11) is 0. The number of fused-ring (bicyclic) bond motifs is 1. The first-order chi connectivity index (χ1) is 15.8. The molecule has 0 saturated carbocycles. The second kappa shape index (κ2) is 8.79. The Morgan fingerprint density at radius 1 is 0.656 bits per heavy atom. The molecule has 0 aliphatic heterocycles. The fourth-order valence-electron chi connectivity index (χ4n) is 4.27. The van der Waals surface area contributed by atoms with Gasteiger partial charge in [0.25, 0.3) is 0 Å². The van der Waals surface area contributed by atoms with Crippen LogP contribution in [-0.4, -0.2) is 4.57 Å². The molecule has 0 radical (unpaired) electrons. The van der Waals surface area contributed by atoms with Gasteiger partial charge in [0.05, 0.1) is 5.57 Å². The molecular weight excluding hydrogens is 388 g/mol. The van der Waals surface area contributed by atoms with Crippen LogP contribution in [0.1, 0.15) is 22.3 Å².